The summed E-state index contributed by atoms with van der Waals surface area (Å²) in [6.45, 7) is 18.9. The first-order valence-corrected chi connectivity index (χ1v) is 7.05. The summed E-state index contributed by atoms with van der Waals surface area (Å²) < 4.78 is 0. The Labute approximate surface area is 104 Å². The Hall–Kier alpha value is 0. The monoisotopic (exact) mass is 226 g/mol. The van der Waals surface area contributed by atoms with E-state index in [4.69, 9.17) is 0 Å². The maximum absolute atomic E-state index is 2.40. The van der Waals surface area contributed by atoms with Gasteiger partial charge in [0.2, 0.25) is 0 Å². The van der Waals surface area contributed by atoms with Crippen molar-refractivity contribution in [2.75, 3.05) is 0 Å². The molecule has 2 atom stereocenters. The van der Waals surface area contributed by atoms with Gasteiger partial charge in [-0.3, -0.25) is 0 Å². The van der Waals surface area contributed by atoms with Crippen LogP contribution in [-0.2, 0) is 0 Å². The van der Waals surface area contributed by atoms with Crippen molar-refractivity contribution in [3.8, 4) is 0 Å². The fourth-order valence-corrected chi connectivity index (χ4v) is 1.77. The molecule has 0 rings (SSSR count). The van der Waals surface area contributed by atoms with Crippen LogP contribution in [0.5, 0.6) is 0 Å². The summed E-state index contributed by atoms with van der Waals surface area (Å²) >= 11 is 0. The van der Waals surface area contributed by atoms with Crippen LogP contribution in [0.15, 0.2) is 0 Å². The third-order valence-corrected chi connectivity index (χ3v) is 4.48. The number of unbranched alkanes of at least 4 members (excludes halogenated alkanes) is 1. The van der Waals surface area contributed by atoms with Gasteiger partial charge >= 0.3 is 0 Å². The standard InChI is InChI=1S/C16H34/c1-13(15(3,4)5)11-9-10-12-14(2)16(6,7)8/h13-14H,9-12H2,1-8H3. The van der Waals surface area contributed by atoms with E-state index in [9.17, 15) is 0 Å². The van der Waals surface area contributed by atoms with Crippen LogP contribution < -0.4 is 0 Å². The van der Waals surface area contributed by atoms with Crippen molar-refractivity contribution in [2.24, 2.45) is 22.7 Å². The van der Waals surface area contributed by atoms with Crippen LogP contribution in [0.4, 0.5) is 0 Å². The summed E-state index contributed by atoms with van der Waals surface area (Å²) in [4.78, 5) is 0. The topological polar surface area (TPSA) is 0 Å². The van der Waals surface area contributed by atoms with E-state index >= 15 is 0 Å². The highest BCUT2D eigenvalue weighted by Crippen LogP contribution is 2.32. The zero-order chi connectivity index (χ0) is 13.0. The van der Waals surface area contributed by atoms with E-state index in [-0.39, 0.29) is 0 Å². The molecule has 0 N–H and O–H groups in total. The van der Waals surface area contributed by atoms with E-state index in [2.05, 4.69) is 55.4 Å². The molecule has 0 aromatic rings. The molecule has 2 unspecified atom stereocenters. The molecule has 0 bridgehead atoms. The first-order valence-electron chi connectivity index (χ1n) is 7.05. The smallest absolute Gasteiger partial charge is 0.0357 e. The van der Waals surface area contributed by atoms with Gasteiger partial charge in [-0.25, -0.2) is 0 Å². The van der Waals surface area contributed by atoms with Crippen molar-refractivity contribution in [3.05, 3.63) is 0 Å². The maximum atomic E-state index is 2.40. The minimum absolute atomic E-state index is 0.482. The summed E-state index contributed by atoms with van der Waals surface area (Å²) in [5, 5.41) is 0. The van der Waals surface area contributed by atoms with E-state index in [1.165, 1.54) is 25.7 Å². The van der Waals surface area contributed by atoms with Crippen LogP contribution in [0.25, 0.3) is 0 Å². The summed E-state index contributed by atoms with van der Waals surface area (Å²) in [5.41, 5.74) is 0.964. The quantitative estimate of drug-likeness (QED) is 0.511. The summed E-state index contributed by atoms with van der Waals surface area (Å²) in [6, 6.07) is 0. The van der Waals surface area contributed by atoms with Crippen LogP contribution >= 0.6 is 0 Å². The van der Waals surface area contributed by atoms with E-state index in [1.54, 1.807) is 0 Å². The Balaban J connectivity index is 3.70. The molecule has 0 aromatic heterocycles. The largest absolute Gasteiger partial charge is 0.0620 e. The van der Waals surface area contributed by atoms with Crippen molar-refractivity contribution in [3.63, 3.8) is 0 Å². The predicted octanol–water partition coefficient (Wildman–Crippen LogP) is 5.91. The van der Waals surface area contributed by atoms with Gasteiger partial charge in [0.05, 0.1) is 0 Å². The lowest BCUT2D eigenvalue weighted by Gasteiger charge is -2.29. The SMILES string of the molecule is CC(CCCCC(C)C(C)(C)C)C(C)(C)C. The van der Waals surface area contributed by atoms with E-state index in [0.717, 1.165) is 11.8 Å². The summed E-state index contributed by atoms with van der Waals surface area (Å²) in [5.74, 6) is 1.69. The van der Waals surface area contributed by atoms with Crippen LogP contribution in [0.2, 0.25) is 0 Å². The van der Waals surface area contributed by atoms with Crippen molar-refractivity contribution < 1.29 is 0 Å². The van der Waals surface area contributed by atoms with Gasteiger partial charge in [0.15, 0.2) is 0 Å². The molecule has 0 aliphatic heterocycles. The predicted molar refractivity (Wildman–Crippen MR) is 75.7 cm³/mol. The van der Waals surface area contributed by atoms with Gasteiger partial charge in [-0.05, 0) is 22.7 Å². The van der Waals surface area contributed by atoms with E-state index < -0.39 is 0 Å². The molecule has 0 fully saturated rings. The third-order valence-electron chi connectivity index (χ3n) is 4.48. The van der Waals surface area contributed by atoms with Gasteiger partial charge in [0.25, 0.3) is 0 Å². The Bertz CT molecular complexity index is 155. The minimum atomic E-state index is 0.482. The molecule has 0 amide bonds. The van der Waals surface area contributed by atoms with Crippen molar-refractivity contribution in [1.29, 1.82) is 0 Å². The van der Waals surface area contributed by atoms with Crippen molar-refractivity contribution in [2.45, 2.75) is 81.1 Å². The van der Waals surface area contributed by atoms with Crippen molar-refractivity contribution >= 4 is 0 Å². The first kappa shape index (κ1) is 16.0. The van der Waals surface area contributed by atoms with E-state index in [0.29, 0.717) is 10.8 Å². The Morgan fingerprint density at radius 2 is 0.875 bits per heavy atom. The summed E-state index contributed by atoms with van der Waals surface area (Å²) in [7, 11) is 0. The van der Waals surface area contributed by atoms with Crippen molar-refractivity contribution in [1.82, 2.24) is 0 Å². The highest BCUT2D eigenvalue weighted by Gasteiger charge is 2.21. The lowest BCUT2D eigenvalue weighted by molar-refractivity contribution is 0.221. The zero-order valence-corrected chi connectivity index (χ0v) is 13.0. The number of rotatable bonds is 5. The normalized spacial score (nSPS) is 17.2. The zero-order valence-electron chi connectivity index (χ0n) is 13.0. The highest BCUT2D eigenvalue weighted by atomic mass is 14.3. The molecular formula is C16H34. The fourth-order valence-electron chi connectivity index (χ4n) is 1.77. The lowest BCUT2D eigenvalue weighted by Crippen LogP contribution is -2.18. The van der Waals surface area contributed by atoms with Gasteiger partial charge in [-0.2, -0.15) is 0 Å². The van der Waals surface area contributed by atoms with Crippen LogP contribution in [-0.4, -0.2) is 0 Å². The lowest BCUT2D eigenvalue weighted by atomic mass is 9.77. The average Bonchev–Trinajstić information content (AvgIpc) is 2.08. The maximum Gasteiger partial charge on any atom is -0.0357 e. The van der Waals surface area contributed by atoms with Gasteiger partial charge in [-0.15, -0.1) is 0 Å². The fraction of sp³-hybridized carbons (Fsp3) is 1.00. The third kappa shape index (κ3) is 6.55. The molecular weight excluding hydrogens is 192 g/mol. The molecule has 0 aliphatic rings. The molecule has 0 nitrogen and oxygen atoms in total. The Morgan fingerprint density at radius 1 is 0.625 bits per heavy atom. The first-order chi connectivity index (χ1) is 7.05. The molecule has 0 heteroatoms. The second-order valence-electron chi connectivity index (χ2n) is 7.82. The second kappa shape index (κ2) is 6.07. The molecule has 98 valence electrons. The molecule has 0 saturated heterocycles. The van der Waals surface area contributed by atoms with Gasteiger partial charge < -0.3 is 0 Å². The Morgan fingerprint density at radius 3 is 1.06 bits per heavy atom. The van der Waals surface area contributed by atoms with Gasteiger partial charge in [0.1, 0.15) is 0 Å². The van der Waals surface area contributed by atoms with Crippen LogP contribution in [0, 0.1) is 22.7 Å². The molecule has 16 heavy (non-hydrogen) atoms. The molecule has 0 aliphatic carbocycles. The van der Waals surface area contributed by atoms with Crippen LogP contribution in [0.3, 0.4) is 0 Å². The molecule has 0 spiro atoms. The summed E-state index contributed by atoms with van der Waals surface area (Å²) in [6.07, 6.45) is 5.58. The molecule has 0 radical (unpaired) electrons. The molecule has 0 saturated carbocycles. The van der Waals surface area contributed by atoms with E-state index in [1.807, 2.05) is 0 Å². The Kier molecular flexibility index (Phi) is 6.07. The number of hydrogen-bond donors (Lipinski definition) is 0. The number of hydrogen-bond acceptors (Lipinski definition) is 0. The van der Waals surface area contributed by atoms with Gasteiger partial charge in [-0.1, -0.05) is 81.1 Å². The second-order valence-corrected chi connectivity index (χ2v) is 7.82. The van der Waals surface area contributed by atoms with Crippen LogP contribution in [0.1, 0.15) is 81.1 Å². The molecule has 0 heterocycles. The molecule has 0 aromatic carbocycles. The highest BCUT2D eigenvalue weighted by molar-refractivity contribution is 4.72. The van der Waals surface area contributed by atoms with Gasteiger partial charge in [0, 0.05) is 0 Å². The minimum Gasteiger partial charge on any atom is -0.0620 e. The average molecular weight is 226 g/mol.